The predicted octanol–water partition coefficient (Wildman–Crippen LogP) is 1.03. The molecule has 0 aromatic rings. The monoisotopic (exact) mass is 261 g/mol. The topological polar surface area (TPSA) is 58.6 Å². The van der Waals surface area contributed by atoms with Crippen LogP contribution < -0.4 is 5.32 Å². The van der Waals surface area contributed by atoms with Gasteiger partial charge in [0.15, 0.2) is 0 Å². The number of nitrogens with one attached hydrogen (secondary N) is 1. The van der Waals surface area contributed by atoms with Gasteiger partial charge in [-0.05, 0) is 26.0 Å². The molecule has 1 saturated heterocycles. The van der Waals surface area contributed by atoms with E-state index in [0.717, 1.165) is 12.8 Å². The zero-order valence-electron chi connectivity index (χ0n) is 10.9. The van der Waals surface area contributed by atoms with Crippen molar-refractivity contribution in [2.75, 3.05) is 25.2 Å². The third-order valence-corrected chi connectivity index (χ3v) is 3.96. The van der Waals surface area contributed by atoms with Gasteiger partial charge in [0.05, 0.1) is 17.6 Å². The first-order valence-electron chi connectivity index (χ1n) is 6.11. The quantitative estimate of drug-likeness (QED) is 0.750. The van der Waals surface area contributed by atoms with E-state index in [-0.39, 0.29) is 17.9 Å². The van der Waals surface area contributed by atoms with Crippen LogP contribution in [0.4, 0.5) is 0 Å². The number of hydrogen-bond donors (Lipinski definition) is 2. The number of hydrogen-bond acceptors (Lipinski definition) is 4. The van der Waals surface area contributed by atoms with Gasteiger partial charge in [-0.25, -0.2) is 0 Å². The van der Waals surface area contributed by atoms with Crippen LogP contribution in [0.3, 0.4) is 0 Å². The maximum Gasteiger partial charge on any atom is 0.225 e. The lowest BCUT2D eigenvalue weighted by Gasteiger charge is -2.24. The number of aliphatic hydroxyl groups is 1. The van der Waals surface area contributed by atoms with Gasteiger partial charge >= 0.3 is 0 Å². The first-order chi connectivity index (χ1) is 8.00. The summed E-state index contributed by atoms with van der Waals surface area (Å²) in [5.41, 5.74) is -0.837. The molecule has 3 atom stereocenters. The van der Waals surface area contributed by atoms with Crippen molar-refractivity contribution in [2.45, 2.75) is 38.4 Å². The van der Waals surface area contributed by atoms with Gasteiger partial charge in [-0.3, -0.25) is 4.79 Å². The third kappa shape index (κ3) is 4.48. The molecular weight excluding hydrogens is 238 g/mol. The fourth-order valence-corrected chi connectivity index (χ4v) is 2.85. The van der Waals surface area contributed by atoms with E-state index in [4.69, 9.17) is 4.74 Å². The molecule has 100 valence electrons. The first-order valence-corrected chi connectivity index (χ1v) is 7.50. The zero-order valence-corrected chi connectivity index (χ0v) is 11.7. The van der Waals surface area contributed by atoms with E-state index >= 15 is 0 Å². The number of thioether (sulfide) groups is 1. The van der Waals surface area contributed by atoms with Crippen LogP contribution in [0.25, 0.3) is 0 Å². The average molecular weight is 261 g/mol. The van der Waals surface area contributed by atoms with Crippen LogP contribution in [0.15, 0.2) is 0 Å². The summed E-state index contributed by atoms with van der Waals surface area (Å²) in [5.74, 6) is 0.576. The number of rotatable bonds is 6. The first kappa shape index (κ1) is 14.8. The van der Waals surface area contributed by atoms with E-state index in [1.165, 1.54) is 0 Å². The fourth-order valence-electron chi connectivity index (χ4n) is 2.12. The summed E-state index contributed by atoms with van der Waals surface area (Å²) >= 11 is 1.57. The molecule has 0 radical (unpaired) electrons. The van der Waals surface area contributed by atoms with Crippen LogP contribution in [0.5, 0.6) is 0 Å². The lowest BCUT2D eigenvalue weighted by molar-refractivity contribution is -0.127. The molecule has 2 N–H and O–H groups in total. The largest absolute Gasteiger partial charge is 0.387 e. The van der Waals surface area contributed by atoms with Gasteiger partial charge in [0.1, 0.15) is 0 Å². The summed E-state index contributed by atoms with van der Waals surface area (Å²) in [4.78, 5) is 12.0. The molecule has 0 aromatic heterocycles. The Bertz CT molecular complexity index is 258. The second-order valence-corrected chi connectivity index (χ2v) is 5.73. The molecule has 5 heteroatoms. The molecule has 3 unspecified atom stereocenters. The van der Waals surface area contributed by atoms with Crippen molar-refractivity contribution in [2.24, 2.45) is 5.92 Å². The minimum absolute atomic E-state index is 0.00993. The van der Waals surface area contributed by atoms with Crippen molar-refractivity contribution in [1.29, 1.82) is 0 Å². The van der Waals surface area contributed by atoms with Gasteiger partial charge < -0.3 is 15.2 Å². The number of amides is 1. The summed E-state index contributed by atoms with van der Waals surface area (Å²) in [7, 11) is 0. The van der Waals surface area contributed by atoms with E-state index in [1.54, 1.807) is 18.7 Å². The smallest absolute Gasteiger partial charge is 0.225 e. The molecule has 1 rings (SSSR count). The molecule has 1 heterocycles. The molecule has 1 aliphatic rings. The molecule has 1 aliphatic heterocycles. The van der Waals surface area contributed by atoms with Crippen LogP contribution in [0, 0.1) is 5.92 Å². The van der Waals surface area contributed by atoms with Gasteiger partial charge in [0.25, 0.3) is 0 Å². The van der Waals surface area contributed by atoms with Crippen LogP contribution in [-0.4, -0.2) is 47.9 Å². The van der Waals surface area contributed by atoms with Gasteiger partial charge in [0, 0.05) is 18.9 Å². The minimum atomic E-state index is -0.837. The van der Waals surface area contributed by atoms with Crippen molar-refractivity contribution < 1.29 is 14.6 Å². The Morgan fingerprint density at radius 3 is 2.94 bits per heavy atom. The Labute approximate surface area is 107 Å². The van der Waals surface area contributed by atoms with Crippen molar-refractivity contribution in [1.82, 2.24) is 5.32 Å². The Kier molecular flexibility index (Phi) is 5.76. The number of ether oxygens (including phenoxy) is 1. The Morgan fingerprint density at radius 1 is 1.65 bits per heavy atom. The molecule has 1 amide bonds. The molecule has 17 heavy (non-hydrogen) atoms. The zero-order chi connectivity index (χ0) is 12.9. The maximum atomic E-state index is 12.0. The normalized spacial score (nSPS) is 27.8. The van der Waals surface area contributed by atoms with Crippen LogP contribution in [0.1, 0.15) is 26.7 Å². The van der Waals surface area contributed by atoms with E-state index in [9.17, 15) is 9.90 Å². The Hall–Kier alpha value is -0.260. The Morgan fingerprint density at radius 2 is 2.35 bits per heavy atom. The molecule has 0 spiro atoms. The SMILES string of the molecule is CCC1OCCC1C(=O)NCC(C)(O)CSC. The van der Waals surface area contributed by atoms with Gasteiger partial charge in [-0.15, -0.1) is 0 Å². The lowest BCUT2D eigenvalue weighted by Crippen LogP contribution is -2.45. The molecular formula is C12H23NO3S. The lowest BCUT2D eigenvalue weighted by atomic mass is 9.98. The minimum Gasteiger partial charge on any atom is -0.387 e. The van der Waals surface area contributed by atoms with Crippen LogP contribution in [0.2, 0.25) is 0 Å². The van der Waals surface area contributed by atoms with Crippen molar-refractivity contribution in [3.05, 3.63) is 0 Å². The molecule has 0 aliphatic carbocycles. The van der Waals surface area contributed by atoms with Gasteiger partial charge in [0.2, 0.25) is 5.91 Å². The van der Waals surface area contributed by atoms with Crippen molar-refractivity contribution >= 4 is 17.7 Å². The van der Waals surface area contributed by atoms with Crippen LogP contribution in [-0.2, 0) is 9.53 Å². The predicted molar refractivity (Wildman–Crippen MR) is 70.2 cm³/mol. The second kappa shape index (κ2) is 6.61. The summed E-state index contributed by atoms with van der Waals surface area (Å²) < 4.78 is 5.49. The summed E-state index contributed by atoms with van der Waals surface area (Å²) in [5, 5.41) is 12.8. The standard InChI is InChI=1S/C12H23NO3S/c1-4-10-9(5-6-16-10)11(14)13-7-12(2,15)8-17-3/h9-10,15H,4-8H2,1-3H3,(H,13,14). The molecule has 4 nitrogen and oxygen atoms in total. The van der Waals surface area contributed by atoms with Crippen molar-refractivity contribution in [3.8, 4) is 0 Å². The molecule has 0 saturated carbocycles. The van der Waals surface area contributed by atoms with E-state index in [2.05, 4.69) is 5.32 Å². The van der Waals surface area contributed by atoms with Crippen molar-refractivity contribution in [3.63, 3.8) is 0 Å². The molecule has 0 bridgehead atoms. The summed E-state index contributed by atoms with van der Waals surface area (Å²) in [6, 6.07) is 0. The Balaban J connectivity index is 2.39. The second-order valence-electron chi connectivity index (χ2n) is 4.86. The van der Waals surface area contributed by atoms with E-state index in [1.807, 2.05) is 13.2 Å². The van der Waals surface area contributed by atoms with Gasteiger partial charge in [-0.2, -0.15) is 11.8 Å². The average Bonchev–Trinajstić information content (AvgIpc) is 2.74. The van der Waals surface area contributed by atoms with Crippen LogP contribution >= 0.6 is 11.8 Å². The fraction of sp³-hybridized carbons (Fsp3) is 0.917. The number of carbonyl (C=O) groups excluding carboxylic acids is 1. The highest BCUT2D eigenvalue weighted by atomic mass is 32.2. The third-order valence-electron chi connectivity index (χ3n) is 3.05. The number of carbonyl (C=O) groups is 1. The van der Waals surface area contributed by atoms with Gasteiger partial charge in [-0.1, -0.05) is 6.92 Å². The summed E-state index contributed by atoms with van der Waals surface area (Å²) in [6.07, 6.45) is 3.63. The maximum absolute atomic E-state index is 12.0. The highest BCUT2D eigenvalue weighted by molar-refractivity contribution is 7.98. The highest BCUT2D eigenvalue weighted by Crippen LogP contribution is 2.23. The van der Waals surface area contributed by atoms with E-state index < -0.39 is 5.60 Å². The summed E-state index contributed by atoms with van der Waals surface area (Å²) in [6.45, 7) is 4.74. The molecule has 0 aromatic carbocycles. The molecule has 1 fully saturated rings. The highest BCUT2D eigenvalue weighted by Gasteiger charge is 2.33. The van der Waals surface area contributed by atoms with E-state index in [0.29, 0.717) is 18.9 Å².